The largest absolute Gasteiger partial charge is 0.148 e. The summed E-state index contributed by atoms with van der Waals surface area (Å²) in [6, 6.07) is 2.19. The molecule has 0 N–H and O–H groups in total. The molecule has 0 aromatic carbocycles. The molecule has 0 unspecified atom stereocenters. The highest BCUT2D eigenvalue weighted by atomic mass is 32.1. The minimum Gasteiger partial charge on any atom is -0.148 e. The van der Waals surface area contributed by atoms with Gasteiger partial charge in [-0.1, -0.05) is 26.0 Å². The van der Waals surface area contributed by atoms with Crippen LogP contribution >= 0.6 is 11.3 Å². The van der Waals surface area contributed by atoms with E-state index in [1.165, 1.54) is 18.4 Å². The Balaban J connectivity index is 0.000000281. The van der Waals surface area contributed by atoms with E-state index in [4.69, 9.17) is 0 Å². The molecule has 0 nitrogen and oxygen atoms in total. The fourth-order valence-electron chi connectivity index (χ4n) is 1.13. The summed E-state index contributed by atoms with van der Waals surface area (Å²) < 4.78 is 0. The zero-order chi connectivity index (χ0) is 8.10. The lowest BCUT2D eigenvalue weighted by molar-refractivity contribution is 1.01. The summed E-state index contributed by atoms with van der Waals surface area (Å²) in [5.41, 5.74) is 1.44. The Hall–Kier alpha value is -0.560. The summed E-state index contributed by atoms with van der Waals surface area (Å²) in [7, 11) is 0. The maximum atomic E-state index is 2.25. The van der Waals surface area contributed by atoms with Crippen LogP contribution in [0.4, 0.5) is 0 Å². The SMILES string of the molecule is C1=Cc2ccsc2CC1.CC. The standard InChI is InChI=1S/C8H8S.C2H6/c1-2-4-8-7(3-1)5-6-9-8;1-2/h1,3,5-6H,2,4H2;1-2H3. The van der Waals surface area contributed by atoms with Gasteiger partial charge in [0.2, 0.25) is 0 Å². The van der Waals surface area contributed by atoms with Gasteiger partial charge >= 0.3 is 0 Å². The summed E-state index contributed by atoms with van der Waals surface area (Å²) in [5.74, 6) is 0. The topological polar surface area (TPSA) is 0 Å². The van der Waals surface area contributed by atoms with Gasteiger partial charge in [0.25, 0.3) is 0 Å². The molecule has 1 heteroatoms. The predicted molar refractivity (Wildman–Crippen MR) is 53.0 cm³/mol. The van der Waals surface area contributed by atoms with Crippen LogP contribution in [0.3, 0.4) is 0 Å². The first-order valence-electron chi connectivity index (χ1n) is 4.20. The molecule has 1 aromatic rings. The molecule has 0 aliphatic heterocycles. The van der Waals surface area contributed by atoms with Crippen LogP contribution in [0.15, 0.2) is 17.5 Å². The van der Waals surface area contributed by atoms with Gasteiger partial charge in [-0.15, -0.1) is 11.3 Å². The van der Waals surface area contributed by atoms with E-state index in [2.05, 4.69) is 23.6 Å². The van der Waals surface area contributed by atoms with Crippen LogP contribution in [0.25, 0.3) is 6.08 Å². The fraction of sp³-hybridized carbons (Fsp3) is 0.400. The third-order valence-electron chi connectivity index (χ3n) is 1.62. The summed E-state index contributed by atoms with van der Waals surface area (Å²) in [6.45, 7) is 4.00. The highest BCUT2D eigenvalue weighted by molar-refractivity contribution is 7.10. The molecule has 1 aromatic heterocycles. The van der Waals surface area contributed by atoms with Crippen molar-refractivity contribution in [2.75, 3.05) is 0 Å². The number of aryl methyl sites for hydroxylation is 1. The van der Waals surface area contributed by atoms with Crippen molar-refractivity contribution in [1.82, 2.24) is 0 Å². The summed E-state index contributed by atoms with van der Waals surface area (Å²) in [4.78, 5) is 1.55. The van der Waals surface area contributed by atoms with E-state index in [0.717, 1.165) is 0 Å². The van der Waals surface area contributed by atoms with E-state index in [9.17, 15) is 0 Å². The lowest BCUT2D eigenvalue weighted by Crippen LogP contribution is -1.85. The first-order valence-corrected chi connectivity index (χ1v) is 5.08. The summed E-state index contributed by atoms with van der Waals surface area (Å²) in [5, 5.41) is 2.17. The zero-order valence-corrected chi connectivity index (χ0v) is 7.95. The maximum absolute atomic E-state index is 2.25. The molecule has 0 saturated heterocycles. The van der Waals surface area contributed by atoms with Crippen LogP contribution in [0.1, 0.15) is 30.7 Å². The van der Waals surface area contributed by atoms with Crippen LogP contribution < -0.4 is 0 Å². The second-order valence-corrected chi connectivity index (χ2v) is 3.24. The van der Waals surface area contributed by atoms with Gasteiger partial charge < -0.3 is 0 Å². The highest BCUT2D eigenvalue weighted by Gasteiger charge is 2.02. The second-order valence-electron chi connectivity index (χ2n) is 2.24. The van der Waals surface area contributed by atoms with Gasteiger partial charge in [-0.05, 0) is 29.9 Å². The fourth-order valence-corrected chi connectivity index (χ4v) is 2.01. The number of hydrogen-bond acceptors (Lipinski definition) is 1. The average molecular weight is 166 g/mol. The van der Waals surface area contributed by atoms with E-state index in [-0.39, 0.29) is 0 Å². The highest BCUT2D eigenvalue weighted by Crippen LogP contribution is 2.23. The average Bonchev–Trinajstić information content (AvgIpc) is 2.55. The van der Waals surface area contributed by atoms with Gasteiger partial charge in [-0.25, -0.2) is 0 Å². The number of allylic oxidation sites excluding steroid dienone is 1. The van der Waals surface area contributed by atoms with Crippen molar-refractivity contribution >= 4 is 17.4 Å². The summed E-state index contributed by atoms with van der Waals surface area (Å²) >= 11 is 1.87. The second kappa shape index (κ2) is 4.35. The minimum absolute atomic E-state index is 1.23. The molecule has 0 fully saturated rings. The number of hydrogen-bond donors (Lipinski definition) is 0. The first kappa shape index (κ1) is 8.54. The Morgan fingerprint density at radius 2 is 2.18 bits per heavy atom. The quantitative estimate of drug-likeness (QED) is 0.551. The van der Waals surface area contributed by atoms with Gasteiger partial charge in [0, 0.05) is 4.88 Å². The zero-order valence-electron chi connectivity index (χ0n) is 7.13. The molecule has 0 spiro atoms. The maximum Gasteiger partial charge on any atom is 0.0120 e. The van der Waals surface area contributed by atoms with Crippen molar-refractivity contribution in [3.05, 3.63) is 28.0 Å². The van der Waals surface area contributed by atoms with E-state index >= 15 is 0 Å². The van der Waals surface area contributed by atoms with E-state index in [0.29, 0.717) is 0 Å². The monoisotopic (exact) mass is 166 g/mol. The Bertz CT molecular complexity index is 233. The molecule has 0 bridgehead atoms. The van der Waals surface area contributed by atoms with Gasteiger partial charge in [0.05, 0.1) is 0 Å². The Kier molecular flexibility index (Phi) is 3.37. The molecular formula is C10H14S. The number of fused-ring (bicyclic) bond motifs is 1. The summed E-state index contributed by atoms with van der Waals surface area (Å²) in [6.07, 6.45) is 6.95. The van der Waals surface area contributed by atoms with Crippen molar-refractivity contribution in [3.63, 3.8) is 0 Å². The Morgan fingerprint density at radius 1 is 1.36 bits per heavy atom. The molecule has 0 atom stereocenters. The van der Waals surface area contributed by atoms with Crippen molar-refractivity contribution in [2.24, 2.45) is 0 Å². The molecule has 0 saturated carbocycles. The van der Waals surface area contributed by atoms with Crippen LogP contribution in [-0.2, 0) is 6.42 Å². The number of rotatable bonds is 0. The van der Waals surface area contributed by atoms with Gasteiger partial charge in [-0.3, -0.25) is 0 Å². The normalized spacial score (nSPS) is 13.3. The van der Waals surface area contributed by atoms with Gasteiger partial charge in [0.1, 0.15) is 0 Å². The third-order valence-corrected chi connectivity index (χ3v) is 2.61. The van der Waals surface area contributed by atoms with Crippen LogP contribution in [0.5, 0.6) is 0 Å². The predicted octanol–water partition coefficient (Wildman–Crippen LogP) is 3.73. The van der Waals surface area contributed by atoms with Gasteiger partial charge in [-0.2, -0.15) is 0 Å². The molecule has 60 valence electrons. The van der Waals surface area contributed by atoms with Crippen LogP contribution in [-0.4, -0.2) is 0 Å². The van der Waals surface area contributed by atoms with E-state index in [1.54, 1.807) is 4.88 Å². The van der Waals surface area contributed by atoms with E-state index < -0.39 is 0 Å². The Labute approximate surface area is 72.6 Å². The van der Waals surface area contributed by atoms with Crippen LogP contribution in [0, 0.1) is 0 Å². The van der Waals surface area contributed by atoms with Gasteiger partial charge in [0.15, 0.2) is 0 Å². The van der Waals surface area contributed by atoms with Crippen molar-refractivity contribution in [1.29, 1.82) is 0 Å². The first-order chi connectivity index (χ1) is 5.47. The molecule has 2 rings (SSSR count). The molecule has 1 aliphatic carbocycles. The van der Waals surface area contributed by atoms with Crippen LogP contribution in [0.2, 0.25) is 0 Å². The van der Waals surface area contributed by atoms with Crippen molar-refractivity contribution in [2.45, 2.75) is 26.7 Å². The molecule has 1 aliphatic rings. The molecule has 1 heterocycles. The third kappa shape index (κ3) is 1.93. The molecule has 0 amide bonds. The smallest absolute Gasteiger partial charge is 0.0120 e. The molecule has 0 radical (unpaired) electrons. The molecular weight excluding hydrogens is 152 g/mol. The number of thiophene rings is 1. The lowest BCUT2D eigenvalue weighted by atomic mass is 10.1. The van der Waals surface area contributed by atoms with Crippen molar-refractivity contribution < 1.29 is 0 Å². The Morgan fingerprint density at radius 3 is 2.91 bits per heavy atom. The minimum atomic E-state index is 1.23. The lowest BCUT2D eigenvalue weighted by Gasteiger charge is -2.01. The van der Waals surface area contributed by atoms with Crippen molar-refractivity contribution in [3.8, 4) is 0 Å². The molecule has 11 heavy (non-hydrogen) atoms. The van der Waals surface area contributed by atoms with E-state index in [1.807, 2.05) is 25.2 Å².